The molecular formula is C24H30NO4S+. The lowest BCUT2D eigenvalue weighted by Gasteiger charge is -2.12. The van der Waals surface area contributed by atoms with Crippen LogP contribution in [0.5, 0.6) is 17.2 Å². The molecular weight excluding hydrogens is 398 g/mol. The highest BCUT2D eigenvalue weighted by molar-refractivity contribution is 8.16. The summed E-state index contributed by atoms with van der Waals surface area (Å²) in [5.41, 5.74) is 2.08. The zero-order chi connectivity index (χ0) is 21.8. The number of carbonyl (C=O) groups excluding carboxylic acids is 1. The van der Waals surface area contributed by atoms with Crippen molar-refractivity contribution in [2.45, 2.75) is 32.7 Å². The minimum Gasteiger partial charge on any atom is -0.493 e. The molecule has 0 saturated carbocycles. The van der Waals surface area contributed by atoms with E-state index in [1.54, 1.807) is 28.3 Å². The number of aryl methyl sites for hydroxylation is 1. The van der Waals surface area contributed by atoms with Gasteiger partial charge in [0.05, 0.1) is 21.3 Å². The molecule has 0 bridgehead atoms. The van der Waals surface area contributed by atoms with Gasteiger partial charge < -0.3 is 14.2 Å². The summed E-state index contributed by atoms with van der Waals surface area (Å²) >= 11 is 1.24. The molecule has 1 heterocycles. The molecule has 2 aromatic rings. The SMILES string of the molecule is COc1cc(/C=C/c2cc[n+](CCCC/C=C/SC(C)=O)cc2)cc(OC)c1OC. The largest absolute Gasteiger partial charge is 0.493 e. The summed E-state index contributed by atoms with van der Waals surface area (Å²) in [6, 6.07) is 8.03. The fourth-order valence-electron chi connectivity index (χ4n) is 2.89. The zero-order valence-electron chi connectivity index (χ0n) is 18.1. The summed E-state index contributed by atoms with van der Waals surface area (Å²) in [6.45, 7) is 2.56. The molecule has 1 aromatic carbocycles. The maximum Gasteiger partial charge on any atom is 0.203 e. The smallest absolute Gasteiger partial charge is 0.203 e. The second-order valence-electron chi connectivity index (χ2n) is 6.64. The minimum absolute atomic E-state index is 0.126. The van der Waals surface area contributed by atoms with Crippen LogP contribution in [0.4, 0.5) is 0 Å². The van der Waals surface area contributed by atoms with Gasteiger partial charge in [-0.15, -0.1) is 0 Å². The Hall–Kier alpha value is -2.73. The van der Waals surface area contributed by atoms with Crippen molar-refractivity contribution < 1.29 is 23.6 Å². The Kier molecular flexibility index (Phi) is 10.0. The van der Waals surface area contributed by atoms with Gasteiger partial charge in [0.2, 0.25) is 5.75 Å². The topological polar surface area (TPSA) is 48.6 Å². The molecule has 1 aromatic heterocycles. The number of hydrogen-bond acceptors (Lipinski definition) is 5. The van der Waals surface area contributed by atoms with Crippen molar-refractivity contribution in [2.24, 2.45) is 0 Å². The van der Waals surface area contributed by atoms with Gasteiger partial charge in [-0.05, 0) is 41.5 Å². The standard InChI is InChI=1S/C24H30NO4S/c1-19(26)30-16-8-6-5-7-13-25-14-11-20(12-15-25)9-10-21-17-22(27-2)24(29-4)23(18-21)28-3/h8-12,14-18H,5-7,13H2,1-4H3/q+1/b10-9+,16-8+. The molecule has 30 heavy (non-hydrogen) atoms. The number of hydrogen-bond donors (Lipinski definition) is 0. The van der Waals surface area contributed by atoms with Gasteiger partial charge in [-0.1, -0.05) is 30.0 Å². The number of carbonyl (C=O) groups is 1. The van der Waals surface area contributed by atoms with E-state index in [9.17, 15) is 4.79 Å². The summed E-state index contributed by atoms with van der Waals surface area (Å²) in [4.78, 5) is 10.8. The van der Waals surface area contributed by atoms with E-state index in [-0.39, 0.29) is 5.12 Å². The number of thioether (sulfide) groups is 1. The fraction of sp³-hybridized carbons (Fsp3) is 0.333. The van der Waals surface area contributed by atoms with Crippen LogP contribution in [0.2, 0.25) is 0 Å². The first-order valence-corrected chi connectivity index (χ1v) is 10.7. The lowest BCUT2D eigenvalue weighted by atomic mass is 10.1. The van der Waals surface area contributed by atoms with Crippen LogP contribution in [-0.4, -0.2) is 26.4 Å². The average molecular weight is 429 g/mol. The third-order valence-electron chi connectivity index (χ3n) is 4.44. The van der Waals surface area contributed by atoms with Gasteiger partial charge in [0.25, 0.3) is 0 Å². The van der Waals surface area contributed by atoms with Crippen molar-refractivity contribution in [3.8, 4) is 17.2 Å². The van der Waals surface area contributed by atoms with Crippen LogP contribution in [0.15, 0.2) is 48.1 Å². The Morgan fingerprint density at radius 2 is 1.60 bits per heavy atom. The number of ether oxygens (including phenoxy) is 3. The quantitative estimate of drug-likeness (QED) is 0.367. The van der Waals surface area contributed by atoms with Crippen molar-refractivity contribution in [1.82, 2.24) is 0 Å². The van der Waals surface area contributed by atoms with Crippen LogP contribution >= 0.6 is 11.8 Å². The Bertz CT molecular complexity index is 850. The van der Waals surface area contributed by atoms with Crippen molar-refractivity contribution in [3.05, 3.63) is 59.3 Å². The number of pyridine rings is 1. The van der Waals surface area contributed by atoms with E-state index in [0.717, 1.165) is 36.9 Å². The molecule has 0 aliphatic heterocycles. The van der Waals surface area contributed by atoms with Gasteiger partial charge in [0.1, 0.15) is 6.54 Å². The van der Waals surface area contributed by atoms with Crippen molar-refractivity contribution in [2.75, 3.05) is 21.3 Å². The summed E-state index contributed by atoms with van der Waals surface area (Å²) < 4.78 is 18.4. The van der Waals surface area contributed by atoms with Crippen LogP contribution in [0.25, 0.3) is 12.2 Å². The van der Waals surface area contributed by atoms with Crippen LogP contribution in [0.1, 0.15) is 37.3 Å². The molecule has 0 radical (unpaired) electrons. The van der Waals surface area contributed by atoms with Crippen LogP contribution in [0.3, 0.4) is 0 Å². The zero-order valence-corrected chi connectivity index (χ0v) is 18.9. The van der Waals surface area contributed by atoms with Gasteiger partial charge >= 0.3 is 0 Å². The normalized spacial score (nSPS) is 11.2. The van der Waals surface area contributed by atoms with Crippen LogP contribution in [-0.2, 0) is 11.3 Å². The summed E-state index contributed by atoms with van der Waals surface area (Å²) in [7, 11) is 4.82. The molecule has 0 saturated heterocycles. The first-order valence-electron chi connectivity index (χ1n) is 9.86. The van der Waals surface area contributed by atoms with E-state index in [2.05, 4.69) is 41.2 Å². The van der Waals surface area contributed by atoms with Crippen LogP contribution < -0.4 is 18.8 Å². The number of nitrogens with zero attached hydrogens (tertiary/aromatic N) is 1. The number of benzene rings is 1. The van der Waals surface area contributed by atoms with Gasteiger partial charge in [0.15, 0.2) is 29.0 Å². The number of allylic oxidation sites excluding steroid dienone is 1. The summed E-state index contributed by atoms with van der Waals surface area (Å²) in [5, 5.41) is 2.01. The second-order valence-corrected chi connectivity index (χ2v) is 7.72. The molecule has 0 atom stereocenters. The lowest BCUT2D eigenvalue weighted by Crippen LogP contribution is -2.32. The lowest BCUT2D eigenvalue weighted by molar-refractivity contribution is -0.697. The molecule has 5 nitrogen and oxygen atoms in total. The molecule has 0 aliphatic carbocycles. The van der Waals surface area contributed by atoms with E-state index in [4.69, 9.17) is 14.2 Å². The first kappa shape index (κ1) is 23.5. The van der Waals surface area contributed by atoms with Crippen molar-refractivity contribution in [3.63, 3.8) is 0 Å². The highest BCUT2D eigenvalue weighted by atomic mass is 32.2. The Morgan fingerprint density at radius 1 is 0.967 bits per heavy atom. The first-order chi connectivity index (χ1) is 14.6. The second kappa shape index (κ2) is 12.8. The van der Waals surface area contributed by atoms with Crippen molar-refractivity contribution in [1.29, 1.82) is 0 Å². The minimum atomic E-state index is 0.126. The van der Waals surface area contributed by atoms with E-state index >= 15 is 0 Å². The fourth-order valence-corrected chi connectivity index (χ4v) is 3.31. The Balaban J connectivity index is 1.90. The molecule has 0 N–H and O–H groups in total. The third-order valence-corrected chi connectivity index (χ3v) is 5.10. The van der Waals surface area contributed by atoms with Gasteiger partial charge in [-0.25, -0.2) is 4.57 Å². The molecule has 2 rings (SSSR count). The predicted octanol–water partition coefficient (Wildman–Crippen LogP) is 5.13. The maximum atomic E-state index is 10.8. The number of rotatable bonds is 11. The van der Waals surface area contributed by atoms with Gasteiger partial charge in [-0.2, -0.15) is 0 Å². The van der Waals surface area contributed by atoms with E-state index in [0.29, 0.717) is 17.2 Å². The van der Waals surface area contributed by atoms with Gasteiger partial charge in [0, 0.05) is 25.5 Å². The van der Waals surface area contributed by atoms with Crippen LogP contribution in [0, 0.1) is 0 Å². The van der Waals surface area contributed by atoms with Crippen molar-refractivity contribution >= 4 is 29.0 Å². The molecule has 0 unspecified atom stereocenters. The maximum absolute atomic E-state index is 10.8. The molecule has 0 spiro atoms. The third kappa shape index (κ3) is 7.59. The Labute approximate surface area is 183 Å². The summed E-state index contributed by atoms with van der Waals surface area (Å²) in [5.74, 6) is 1.86. The molecule has 0 amide bonds. The number of unbranched alkanes of at least 4 members (excludes halogenated alkanes) is 2. The predicted molar refractivity (Wildman–Crippen MR) is 123 cm³/mol. The molecule has 0 fully saturated rings. The Morgan fingerprint density at radius 3 is 2.17 bits per heavy atom. The molecule has 6 heteroatoms. The average Bonchev–Trinajstić information content (AvgIpc) is 2.76. The monoisotopic (exact) mass is 428 g/mol. The molecule has 160 valence electrons. The number of aromatic nitrogens is 1. The number of methoxy groups -OCH3 is 3. The van der Waals surface area contributed by atoms with E-state index < -0.39 is 0 Å². The van der Waals surface area contributed by atoms with Gasteiger partial charge in [-0.3, -0.25) is 4.79 Å². The summed E-state index contributed by atoms with van der Waals surface area (Å²) in [6.07, 6.45) is 13.5. The highest BCUT2D eigenvalue weighted by Gasteiger charge is 2.12. The van der Waals surface area contributed by atoms with E-state index in [1.165, 1.54) is 11.8 Å². The van der Waals surface area contributed by atoms with E-state index in [1.807, 2.05) is 23.6 Å². The molecule has 0 aliphatic rings. The highest BCUT2D eigenvalue weighted by Crippen LogP contribution is 2.38.